The molecule has 118 valence electrons. The maximum Gasteiger partial charge on any atom is 0.218 e. The Balaban J connectivity index is 2.31. The number of sulfone groups is 1. The molecule has 1 N–H and O–H groups in total. The molecule has 23 heavy (non-hydrogen) atoms. The molecule has 2 aromatic rings. The molecule has 0 bridgehead atoms. The second-order valence-corrected chi connectivity index (χ2v) is 6.81. The van der Waals surface area contributed by atoms with Crippen LogP contribution in [0.2, 0.25) is 5.02 Å². The van der Waals surface area contributed by atoms with Crippen LogP contribution >= 0.6 is 11.6 Å². The van der Waals surface area contributed by atoms with Crippen LogP contribution in [0.3, 0.4) is 0 Å². The molecular weight excluding hydrogens is 336 g/mol. The number of benzene rings is 2. The molecular formula is C16H13ClN2O3S. The van der Waals surface area contributed by atoms with Gasteiger partial charge in [0.1, 0.15) is 11.8 Å². The number of nitrogens with one attached hydrogen (secondary N) is 1. The van der Waals surface area contributed by atoms with Gasteiger partial charge < -0.3 is 10.1 Å². The molecule has 2 rings (SSSR count). The summed E-state index contributed by atoms with van der Waals surface area (Å²) in [7, 11) is -2.38. The molecule has 0 atom stereocenters. The first-order chi connectivity index (χ1) is 11.0. The van der Waals surface area contributed by atoms with Crippen LogP contribution in [0.1, 0.15) is 0 Å². The Morgan fingerprint density at radius 3 is 2.57 bits per heavy atom. The third-order valence-corrected chi connectivity index (χ3v) is 4.90. The van der Waals surface area contributed by atoms with Crippen LogP contribution in [-0.4, -0.2) is 15.5 Å². The van der Waals surface area contributed by atoms with Crippen LogP contribution in [0.25, 0.3) is 0 Å². The number of halogens is 1. The maximum atomic E-state index is 12.4. The van der Waals surface area contributed by atoms with Crippen molar-refractivity contribution in [3.8, 4) is 11.8 Å². The maximum absolute atomic E-state index is 12.4. The van der Waals surface area contributed by atoms with E-state index in [1.165, 1.54) is 31.4 Å². The highest BCUT2D eigenvalue weighted by Gasteiger charge is 2.20. The summed E-state index contributed by atoms with van der Waals surface area (Å²) in [5.74, 6) is 0.613. The Hall–Kier alpha value is -2.49. The van der Waals surface area contributed by atoms with E-state index in [9.17, 15) is 8.42 Å². The number of anilines is 1. The molecule has 0 spiro atoms. The molecule has 0 fully saturated rings. The Bertz CT molecular complexity index is 869. The predicted molar refractivity (Wildman–Crippen MR) is 89.0 cm³/mol. The van der Waals surface area contributed by atoms with Crippen LogP contribution in [-0.2, 0) is 9.84 Å². The van der Waals surface area contributed by atoms with E-state index < -0.39 is 14.7 Å². The van der Waals surface area contributed by atoms with E-state index in [1.807, 2.05) is 0 Å². The van der Waals surface area contributed by atoms with Gasteiger partial charge in [-0.15, -0.1) is 0 Å². The van der Waals surface area contributed by atoms with Crippen molar-refractivity contribution in [1.29, 1.82) is 5.26 Å². The van der Waals surface area contributed by atoms with Gasteiger partial charge >= 0.3 is 0 Å². The van der Waals surface area contributed by atoms with Crippen molar-refractivity contribution >= 4 is 27.1 Å². The lowest BCUT2D eigenvalue weighted by Gasteiger charge is -2.06. The van der Waals surface area contributed by atoms with E-state index >= 15 is 0 Å². The Morgan fingerprint density at radius 1 is 1.26 bits per heavy atom. The van der Waals surface area contributed by atoms with Gasteiger partial charge in [-0.2, -0.15) is 5.26 Å². The van der Waals surface area contributed by atoms with Gasteiger partial charge in [-0.1, -0.05) is 17.7 Å². The molecule has 0 unspecified atom stereocenters. The third-order valence-electron chi connectivity index (χ3n) is 2.96. The van der Waals surface area contributed by atoms with Crippen molar-refractivity contribution in [1.82, 2.24) is 0 Å². The zero-order valence-corrected chi connectivity index (χ0v) is 13.7. The lowest BCUT2D eigenvalue weighted by atomic mass is 10.3. The van der Waals surface area contributed by atoms with Crippen LogP contribution in [0.4, 0.5) is 5.69 Å². The third kappa shape index (κ3) is 4.03. The quantitative estimate of drug-likeness (QED) is 0.835. The molecule has 0 aliphatic carbocycles. The molecule has 0 aromatic heterocycles. The molecule has 0 radical (unpaired) electrons. The van der Waals surface area contributed by atoms with E-state index in [0.717, 1.165) is 6.20 Å². The van der Waals surface area contributed by atoms with Gasteiger partial charge in [0.15, 0.2) is 4.91 Å². The monoisotopic (exact) mass is 348 g/mol. The number of hydrogen-bond acceptors (Lipinski definition) is 5. The topological polar surface area (TPSA) is 79.2 Å². The van der Waals surface area contributed by atoms with E-state index in [4.69, 9.17) is 21.6 Å². The Morgan fingerprint density at radius 2 is 1.96 bits per heavy atom. The van der Waals surface area contributed by atoms with Gasteiger partial charge in [0.05, 0.1) is 12.0 Å². The summed E-state index contributed by atoms with van der Waals surface area (Å²) in [4.78, 5) is -0.398. The second-order valence-electron chi connectivity index (χ2n) is 4.45. The number of nitrogens with zero attached hydrogens (tertiary/aromatic N) is 1. The largest absolute Gasteiger partial charge is 0.497 e. The van der Waals surface area contributed by atoms with E-state index in [2.05, 4.69) is 5.32 Å². The summed E-state index contributed by atoms with van der Waals surface area (Å²) in [6.07, 6.45) is 1.15. The Labute approximate surface area is 139 Å². The first-order valence-electron chi connectivity index (χ1n) is 6.49. The highest BCUT2D eigenvalue weighted by Crippen LogP contribution is 2.22. The lowest BCUT2D eigenvalue weighted by molar-refractivity contribution is 0.415. The van der Waals surface area contributed by atoms with Gasteiger partial charge in [-0.25, -0.2) is 8.42 Å². The zero-order chi connectivity index (χ0) is 16.9. The summed E-state index contributed by atoms with van der Waals surface area (Å²) in [6.45, 7) is 0. The number of nitriles is 1. The minimum Gasteiger partial charge on any atom is -0.497 e. The standard InChI is InChI=1S/C16H13ClN2O3S/c1-22-14-4-2-3-13(9-14)19-11-16(10-18)23(20,21)15-7-5-12(17)6-8-15/h2-9,11,19H,1H3/b16-11+. The summed E-state index contributed by atoms with van der Waals surface area (Å²) in [6, 6.07) is 14.2. The minimum atomic E-state index is -3.91. The Kier molecular flexibility index (Phi) is 5.27. The number of ether oxygens (including phenoxy) is 1. The second kappa shape index (κ2) is 7.18. The molecule has 0 saturated heterocycles. The van der Waals surface area contributed by atoms with Crippen molar-refractivity contribution in [3.05, 3.63) is 64.7 Å². The lowest BCUT2D eigenvalue weighted by Crippen LogP contribution is -2.05. The number of allylic oxidation sites excluding steroid dienone is 1. The number of hydrogen-bond donors (Lipinski definition) is 1. The number of methoxy groups -OCH3 is 1. The van der Waals surface area contributed by atoms with Gasteiger partial charge in [-0.05, 0) is 36.4 Å². The first-order valence-corrected chi connectivity index (χ1v) is 8.35. The number of rotatable bonds is 5. The van der Waals surface area contributed by atoms with E-state index in [0.29, 0.717) is 16.5 Å². The van der Waals surface area contributed by atoms with Gasteiger partial charge in [0.2, 0.25) is 9.84 Å². The fourth-order valence-electron chi connectivity index (χ4n) is 1.77. The summed E-state index contributed by atoms with van der Waals surface area (Å²) >= 11 is 5.75. The molecule has 0 saturated carbocycles. The molecule has 2 aromatic carbocycles. The highest BCUT2D eigenvalue weighted by atomic mass is 35.5. The van der Waals surface area contributed by atoms with Gasteiger partial charge in [-0.3, -0.25) is 0 Å². The molecule has 0 aliphatic heterocycles. The van der Waals surface area contributed by atoms with E-state index in [1.54, 1.807) is 30.3 Å². The summed E-state index contributed by atoms with van der Waals surface area (Å²) in [5, 5.41) is 12.4. The van der Waals surface area contributed by atoms with Crippen molar-refractivity contribution in [2.45, 2.75) is 4.90 Å². The van der Waals surface area contributed by atoms with Crippen molar-refractivity contribution < 1.29 is 13.2 Å². The van der Waals surface area contributed by atoms with Crippen LogP contribution in [0, 0.1) is 11.3 Å². The average Bonchev–Trinajstić information content (AvgIpc) is 2.56. The zero-order valence-electron chi connectivity index (χ0n) is 12.2. The summed E-state index contributed by atoms with van der Waals surface area (Å²) < 4.78 is 29.9. The molecule has 0 aliphatic rings. The van der Waals surface area contributed by atoms with Crippen LogP contribution in [0.15, 0.2) is 64.5 Å². The SMILES string of the molecule is COc1cccc(N/C=C(\C#N)S(=O)(=O)c2ccc(Cl)cc2)c1. The molecule has 0 amide bonds. The fraction of sp³-hybridized carbons (Fsp3) is 0.0625. The highest BCUT2D eigenvalue weighted by molar-refractivity contribution is 7.95. The minimum absolute atomic E-state index is 0.00198. The van der Waals surface area contributed by atoms with Crippen molar-refractivity contribution in [2.24, 2.45) is 0 Å². The normalized spacial score (nSPS) is 11.6. The molecule has 7 heteroatoms. The van der Waals surface area contributed by atoms with Gasteiger partial charge in [0, 0.05) is 23.0 Å². The first kappa shape index (κ1) is 16.9. The van der Waals surface area contributed by atoms with Crippen molar-refractivity contribution in [3.63, 3.8) is 0 Å². The average molecular weight is 349 g/mol. The van der Waals surface area contributed by atoms with Crippen LogP contribution in [0.5, 0.6) is 5.75 Å². The smallest absolute Gasteiger partial charge is 0.218 e. The molecule has 0 heterocycles. The van der Waals surface area contributed by atoms with Crippen LogP contribution < -0.4 is 10.1 Å². The summed E-state index contributed by atoms with van der Waals surface area (Å²) in [5.41, 5.74) is 0.600. The fourth-order valence-corrected chi connectivity index (χ4v) is 2.98. The predicted octanol–water partition coefficient (Wildman–Crippen LogP) is 3.60. The van der Waals surface area contributed by atoms with E-state index in [-0.39, 0.29) is 4.90 Å². The van der Waals surface area contributed by atoms with Gasteiger partial charge in [0.25, 0.3) is 0 Å². The molecule has 5 nitrogen and oxygen atoms in total. The van der Waals surface area contributed by atoms with Crippen molar-refractivity contribution in [2.75, 3.05) is 12.4 Å².